The molecule has 1 aliphatic rings. The largest absolute Gasteiger partial charge is 0.396 e. The Labute approximate surface area is 232 Å². The maximum absolute atomic E-state index is 13.3. The number of aryl methyl sites for hydroxylation is 1. The molecular weight excluding hydrogens is 508 g/mol. The summed E-state index contributed by atoms with van der Waals surface area (Å²) in [6, 6.07) is 15.9. The van der Waals surface area contributed by atoms with E-state index in [4.69, 9.17) is 10.7 Å². The summed E-state index contributed by atoms with van der Waals surface area (Å²) in [4.78, 5) is 28.2. The number of nitrogen functional groups attached to an aromatic ring is 1. The number of nitriles is 1. The van der Waals surface area contributed by atoms with Gasteiger partial charge >= 0.3 is 0 Å². The number of nitrogens with one attached hydrogen (secondary N) is 2. The highest BCUT2D eigenvalue weighted by Crippen LogP contribution is 2.34. The van der Waals surface area contributed by atoms with Crippen LogP contribution in [0.5, 0.6) is 0 Å². The van der Waals surface area contributed by atoms with Crippen molar-refractivity contribution in [3.8, 4) is 6.07 Å². The van der Waals surface area contributed by atoms with Crippen LogP contribution in [-0.2, 0) is 5.41 Å². The molecule has 4 aromatic rings. The number of hydrogen-bond donors (Lipinski definition) is 3. The van der Waals surface area contributed by atoms with Crippen LogP contribution >= 0.6 is 11.3 Å². The number of nitrogens with two attached hydrogens (primary N) is 1. The van der Waals surface area contributed by atoms with E-state index in [-0.39, 0.29) is 5.91 Å². The number of nitrogens with zero attached hydrogens (tertiary/aromatic N) is 5. The molecule has 0 bridgehead atoms. The summed E-state index contributed by atoms with van der Waals surface area (Å²) in [5, 5.41) is 15.9. The molecule has 200 valence electrons. The zero-order chi connectivity index (χ0) is 27.7. The van der Waals surface area contributed by atoms with Gasteiger partial charge in [-0.05, 0) is 63.2 Å². The molecule has 2 aromatic heterocycles. The molecule has 5 rings (SSSR count). The molecule has 1 amide bonds. The summed E-state index contributed by atoms with van der Waals surface area (Å²) in [6.45, 7) is 9.39. The number of aromatic nitrogens is 2. The van der Waals surface area contributed by atoms with Crippen molar-refractivity contribution in [1.29, 1.82) is 5.26 Å². The summed E-state index contributed by atoms with van der Waals surface area (Å²) in [7, 11) is 2.11. The van der Waals surface area contributed by atoms with E-state index in [1.807, 2.05) is 63.2 Å². The van der Waals surface area contributed by atoms with Gasteiger partial charge in [-0.25, -0.2) is 9.97 Å². The molecule has 10 heteroatoms. The van der Waals surface area contributed by atoms with E-state index in [2.05, 4.69) is 38.5 Å². The SMILES string of the molecule is Cc1ccc(Nc2cccc(C(C)(C)C#N)c2)cc1NC(=O)c1sc2ncc(N3CCN(C)CC3)nc2c1N. The Balaban J connectivity index is 1.35. The first-order chi connectivity index (χ1) is 18.6. The maximum Gasteiger partial charge on any atom is 0.268 e. The van der Waals surface area contributed by atoms with Crippen LogP contribution in [0.1, 0.15) is 34.6 Å². The fourth-order valence-electron chi connectivity index (χ4n) is 4.47. The second-order valence-electron chi connectivity index (χ2n) is 10.4. The smallest absolute Gasteiger partial charge is 0.268 e. The van der Waals surface area contributed by atoms with E-state index < -0.39 is 5.41 Å². The fraction of sp³-hybridized carbons (Fsp3) is 0.310. The minimum Gasteiger partial charge on any atom is -0.396 e. The van der Waals surface area contributed by atoms with Gasteiger partial charge < -0.3 is 26.2 Å². The number of thiophene rings is 1. The quantitative estimate of drug-likeness (QED) is 0.308. The number of likely N-dealkylation sites (N-methyl/N-ethyl adjacent to an activating group) is 1. The number of anilines is 5. The predicted molar refractivity (Wildman–Crippen MR) is 159 cm³/mol. The second kappa shape index (κ2) is 10.5. The van der Waals surface area contributed by atoms with Crippen molar-refractivity contribution < 1.29 is 4.79 Å². The van der Waals surface area contributed by atoms with E-state index in [0.29, 0.717) is 26.6 Å². The zero-order valence-electron chi connectivity index (χ0n) is 22.6. The van der Waals surface area contributed by atoms with Crippen LogP contribution in [0.25, 0.3) is 10.3 Å². The van der Waals surface area contributed by atoms with Crippen LogP contribution in [0.2, 0.25) is 0 Å². The van der Waals surface area contributed by atoms with Crippen molar-refractivity contribution in [2.24, 2.45) is 0 Å². The Kier molecular flexibility index (Phi) is 7.12. The van der Waals surface area contributed by atoms with Crippen molar-refractivity contribution >= 4 is 56.2 Å². The maximum atomic E-state index is 13.3. The molecule has 0 atom stereocenters. The minimum absolute atomic E-state index is 0.295. The summed E-state index contributed by atoms with van der Waals surface area (Å²) in [5.41, 5.74) is 10.9. The first-order valence-electron chi connectivity index (χ1n) is 12.8. The van der Waals surface area contributed by atoms with Crippen molar-refractivity contribution in [3.63, 3.8) is 0 Å². The third-order valence-corrected chi connectivity index (χ3v) is 8.20. The second-order valence-corrected chi connectivity index (χ2v) is 11.4. The molecule has 1 saturated heterocycles. The molecule has 0 spiro atoms. The molecule has 1 aliphatic heterocycles. The van der Waals surface area contributed by atoms with Gasteiger partial charge in [0.15, 0.2) is 0 Å². The van der Waals surface area contributed by atoms with Crippen LogP contribution < -0.4 is 21.3 Å². The molecule has 2 aromatic carbocycles. The van der Waals surface area contributed by atoms with Crippen LogP contribution in [0.4, 0.5) is 28.6 Å². The molecule has 0 radical (unpaired) electrons. The highest BCUT2D eigenvalue weighted by molar-refractivity contribution is 7.21. The Hall–Kier alpha value is -4.20. The zero-order valence-corrected chi connectivity index (χ0v) is 23.4. The molecule has 0 unspecified atom stereocenters. The molecule has 0 saturated carbocycles. The van der Waals surface area contributed by atoms with Crippen molar-refractivity contribution in [1.82, 2.24) is 14.9 Å². The number of hydrogen-bond acceptors (Lipinski definition) is 9. The number of fused-ring (bicyclic) bond motifs is 1. The van der Waals surface area contributed by atoms with E-state index in [9.17, 15) is 10.1 Å². The number of carbonyl (C=O) groups excluding carboxylic acids is 1. The highest BCUT2D eigenvalue weighted by atomic mass is 32.1. The number of carbonyl (C=O) groups is 1. The summed E-state index contributed by atoms with van der Waals surface area (Å²) < 4.78 is 0. The highest BCUT2D eigenvalue weighted by Gasteiger charge is 2.22. The Morgan fingerprint density at radius 1 is 1.13 bits per heavy atom. The first kappa shape index (κ1) is 26.4. The van der Waals surface area contributed by atoms with Gasteiger partial charge in [0, 0.05) is 43.2 Å². The molecule has 3 heterocycles. The van der Waals surface area contributed by atoms with Crippen molar-refractivity contribution in [2.45, 2.75) is 26.2 Å². The van der Waals surface area contributed by atoms with E-state index >= 15 is 0 Å². The number of piperazine rings is 1. The lowest BCUT2D eigenvalue weighted by atomic mass is 9.86. The summed E-state index contributed by atoms with van der Waals surface area (Å²) in [6.07, 6.45) is 1.76. The third kappa shape index (κ3) is 5.50. The third-order valence-electron chi connectivity index (χ3n) is 7.10. The first-order valence-corrected chi connectivity index (χ1v) is 13.7. The average Bonchev–Trinajstić information content (AvgIpc) is 3.27. The van der Waals surface area contributed by atoms with Crippen LogP contribution in [0.3, 0.4) is 0 Å². The molecular formula is C29H32N8OS. The van der Waals surface area contributed by atoms with Crippen LogP contribution in [0.15, 0.2) is 48.7 Å². The van der Waals surface area contributed by atoms with Gasteiger partial charge in [-0.15, -0.1) is 11.3 Å². The van der Waals surface area contributed by atoms with Gasteiger partial charge in [0.05, 0.1) is 23.4 Å². The fourth-order valence-corrected chi connectivity index (χ4v) is 5.37. The molecule has 9 nitrogen and oxygen atoms in total. The van der Waals surface area contributed by atoms with Gasteiger partial charge in [-0.3, -0.25) is 4.79 Å². The topological polar surface area (TPSA) is 123 Å². The molecule has 0 aliphatic carbocycles. The van der Waals surface area contributed by atoms with E-state index in [1.54, 1.807) is 6.20 Å². The minimum atomic E-state index is -0.594. The average molecular weight is 541 g/mol. The van der Waals surface area contributed by atoms with Crippen molar-refractivity contribution in [3.05, 3.63) is 64.7 Å². The lowest BCUT2D eigenvalue weighted by Crippen LogP contribution is -2.44. The van der Waals surface area contributed by atoms with Crippen molar-refractivity contribution in [2.75, 3.05) is 54.5 Å². The number of rotatable bonds is 6. The molecule has 1 fully saturated rings. The van der Waals surface area contributed by atoms with Crippen LogP contribution in [-0.4, -0.2) is 54.0 Å². The van der Waals surface area contributed by atoms with Gasteiger partial charge in [-0.1, -0.05) is 18.2 Å². The number of benzene rings is 2. The monoisotopic (exact) mass is 540 g/mol. The van der Waals surface area contributed by atoms with Crippen LogP contribution in [0, 0.1) is 18.3 Å². The van der Waals surface area contributed by atoms with Gasteiger partial charge in [0.25, 0.3) is 5.91 Å². The molecule has 4 N–H and O–H groups in total. The number of amides is 1. The lowest BCUT2D eigenvalue weighted by Gasteiger charge is -2.32. The Morgan fingerprint density at radius 3 is 2.62 bits per heavy atom. The standard InChI is InChI=1S/C29H32N8OS/c1-18-8-9-21(33-20-7-5-6-19(14-20)29(2,3)17-30)15-22(18)34-27(38)26-24(31)25-28(39-26)32-16-23(35-25)37-12-10-36(4)11-13-37/h5-9,14-16,33H,10-13,31H2,1-4H3,(H,34,38). The Bertz CT molecular complexity index is 1580. The van der Waals surface area contributed by atoms with Gasteiger partial charge in [0.2, 0.25) is 0 Å². The van der Waals surface area contributed by atoms with E-state index in [1.165, 1.54) is 11.3 Å². The van der Waals surface area contributed by atoms with E-state index in [0.717, 1.165) is 54.5 Å². The summed E-state index contributed by atoms with van der Waals surface area (Å²) >= 11 is 1.25. The predicted octanol–water partition coefficient (Wildman–Crippen LogP) is 5.13. The normalized spacial score (nSPS) is 14.3. The van der Waals surface area contributed by atoms with Gasteiger partial charge in [0.1, 0.15) is 21.0 Å². The lowest BCUT2D eigenvalue weighted by molar-refractivity contribution is 0.103. The summed E-state index contributed by atoms with van der Waals surface area (Å²) in [5.74, 6) is 0.486. The molecule has 39 heavy (non-hydrogen) atoms. The van der Waals surface area contributed by atoms with Gasteiger partial charge in [-0.2, -0.15) is 5.26 Å². The Morgan fingerprint density at radius 2 is 1.87 bits per heavy atom.